The summed E-state index contributed by atoms with van der Waals surface area (Å²) in [6.45, 7) is 5.75. The summed E-state index contributed by atoms with van der Waals surface area (Å²) in [7, 11) is 2.08. The molecule has 0 amide bonds. The molecular formula is C17H31N. The minimum absolute atomic E-state index is 0.819. The Labute approximate surface area is 114 Å². The highest BCUT2D eigenvalue weighted by Crippen LogP contribution is 2.29. The summed E-state index contributed by atoms with van der Waals surface area (Å²) in [5, 5.41) is 3.37. The zero-order chi connectivity index (χ0) is 13.2. The molecule has 18 heavy (non-hydrogen) atoms. The first-order chi connectivity index (χ1) is 8.81. The average molecular weight is 249 g/mol. The lowest BCUT2D eigenvalue weighted by atomic mass is 9.86. The van der Waals surface area contributed by atoms with E-state index in [0.717, 1.165) is 12.5 Å². The zero-order valence-corrected chi connectivity index (χ0v) is 12.6. The lowest BCUT2D eigenvalue weighted by molar-refractivity contribution is 0.443. The van der Waals surface area contributed by atoms with Crippen LogP contribution in [0.5, 0.6) is 0 Å². The summed E-state index contributed by atoms with van der Waals surface area (Å²) in [4.78, 5) is 0. The second-order valence-electron chi connectivity index (χ2n) is 5.59. The van der Waals surface area contributed by atoms with Gasteiger partial charge in [0.15, 0.2) is 0 Å². The predicted octanol–water partition coefficient (Wildman–Crippen LogP) is 4.85. The lowest BCUT2D eigenvalue weighted by Gasteiger charge is -2.21. The average Bonchev–Trinajstić information content (AvgIpc) is 2.39. The molecule has 0 aliphatic heterocycles. The van der Waals surface area contributed by atoms with Crippen molar-refractivity contribution in [1.29, 1.82) is 0 Å². The SMILES string of the molecule is CCCCC(CNC)CC1=C(CCC)CCC=C1. The molecule has 1 atom stereocenters. The van der Waals surface area contributed by atoms with Crippen molar-refractivity contribution in [2.75, 3.05) is 13.6 Å². The molecular weight excluding hydrogens is 218 g/mol. The highest BCUT2D eigenvalue weighted by Gasteiger charge is 2.13. The van der Waals surface area contributed by atoms with Gasteiger partial charge >= 0.3 is 0 Å². The Morgan fingerprint density at radius 3 is 2.78 bits per heavy atom. The van der Waals surface area contributed by atoms with E-state index in [1.807, 2.05) is 0 Å². The summed E-state index contributed by atoms with van der Waals surface area (Å²) >= 11 is 0. The van der Waals surface area contributed by atoms with Crippen LogP contribution >= 0.6 is 0 Å². The van der Waals surface area contributed by atoms with Crippen molar-refractivity contribution in [2.24, 2.45) is 5.92 Å². The molecule has 0 saturated heterocycles. The van der Waals surface area contributed by atoms with Crippen molar-refractivity contribution in [3.05, 3.63) is 23.3 Å². The van der Waals surface area contributed by atoms with E-state index < -0.39 is 0 Å². The fraction of sp³-hybridized carbons (Fsp3) is 0.765. The molecule has 0 bridgehead atoms. The Morgan fingerprint density at radius 1 is 1.28 bits per heavy atom. The molecule has 0 radical (unpaired) electrons. The van der Waals surface area contributed by atoms with Gasteiger partial charge in [0.1, 0.15) is 0 Å². The Morgan fingerprint density at radius 2 is 2.11 bits per heavy atom. The van der Waals surface area contributed by atoms with Crippen molar-refractivity contribution in [3.63, 3.8) is 0 Å². The smallest absolute Gasteiger partial charge is 0.00203 e. The van der Waals surface area contributed by atoms with Crippen LogP contribution in [0.25, 0.3) is 0 Å². The third-order valence-electron chi connectivity index (χ3n) is 3.91. The van der Waals surface area contributed by atoms with E-state index >= 15 is 0 Å². The molecule has 0 heterocycles. The predicted molar refractivity (Wildman–Crippen MR) is 81.9 cm³/mol. The van der Waals surface area contributed by atoms with Crippen LogP contribution in [0.2, 0.25) is 0 Å². The van der Waals surface area contributed by atoms with Crippen molar-refractivity contribution in [1.82, 2.24) is 5.32 Å². The molecule has 0 aromatic rings. The van der Waals surface area contributed by atoms with Crippen LogP contribution in [-0.4, -0.2) is 13.6 Å². The molecule has 0 spiro atoms. The van der Waals surface area contributed by atoms with Crippen LogP contribution < -0.4 is 5.32 Å². The van der Waals surface area contributed by atoms with Gasteiger partial charge in [0, 0.05) is 0 Å². The quantitative estimate of drug-likeness (QED) is 0.616. The van der Waals surface area contributed by atoms with Gasteiger partial charge in [-0.3, -0.25) is 0 Å². The van der Waals surface area contributed by atoms with Gasteiger partial charge in [-0.15, -0.1) is 0 Å². The Bertz CT molecular complexity index is 275. The molecule has 0 aromatic carbocycles. The summed E-state index contributed by atoms with van der Waals surface area (Å²) in [6.07, 6.45) is 15.3. The molecule has 1 aliphatic carbocycles. The fourth-order valence-corrected chi connectivity index (χ4v) is 2.93. The first-order valence-corrected chi connectivity index (χ1v) is 7.83. The Hall–Kier alpha value is -0.560. The van der Waals surface area contributed by atoms with Gasteiger partial charge in [-0.2, -0.15) is 0 Å². The van der Waals surface area contributed by atoms with Crippen LogP contribution in [-0.2, 0) is 0 Å². The highest BCUT2D eigenvalue weighted by atomic mass is 14.8. The van der Waals surface area contributed by atoms with E-state index in [1.54, 1.807) is 11.1 Å². The largest absolute Gasteiger partial charge is 0.319 e. The number of nitrogens with one attached hydrogen (secondary N) is 1. The van der Waals surface area contributed by atoms with E-state index in [1.165, 1.54) is 51.4 Å². The Balaban J connectivity index is 2.61. The highest BCUT2D eigenvalue weighted by molar-refractivity contribution is 5.30. The monoisotopic (exact) mass is 249 g/mol. The van der Waals surface area contributed by atoms with Crippen LogP contribution in [0.1, 0.15) is 65.2 Å². The first kappa shape index (κ1) is 15.5. The van der Waals surface area contributed by atoms with E-state index in [2.05, 4.69) is 38.4 Å². The molecule has 1 aliphatic rings. The minimum atomic E-state index is 0.819. The molecule has 1 N–H and O–H groups in total. The van der Waals surface area contributed by atoms with Crippen molar-refractivity contribution in [3.8, 4) is 0 Å². The second-order valence-corrected chi connectivity index (χ2v) is 5.59. The number of unbranched alkanes of at least 4 members (excludes halogenated alkanes) is 1. The van der Waals surface area contributed by atoms with Gasteiger partial charge < -0.3 is 5.32 Å². The lowest BCUT2D eigenvalue weighted by Crippen LogP contribution is -2.19. The molecule has 1 rings (SSSR count). The van der Waals surface area contributed by atoms with Crippen LogP contribution in [0.15, 0.2) is 23.3 Å². The minimum Gasteiger partial charge on any atom is -0.319 e. The van der Waals surface area contributed by atoms with Crippen LogP contribution in [0.4, 0.5) is 0 Å². The molecule has 1 nitrogen and oxygen atoms in total. The summed E-state index contributed by atoms with van der Waals surface area (Å²) in [5.74, 6) is 0.819. The third-order valence-corrected chi connectivity index (χ3v) is 3.91. The van der Waals surface area contributed by atoms with Gasteiger partial charge in [0.25, 0.3) is 0 Å². The van der Waals surface area contributed by atoms with Crippen LogP contribution in [0.3, 0.4) is 0 Å². The normalized spacial score (nSPS) is 17.3. The maximum atomic E-state index is 3.37. The maximum absolute atomic E-state index is 3.37. The maximum Gasteiger partial charge on any atom is -0.00203 e. The Kier molecular flexibility index (Phi) is 8.08. The van der Waals surface area contributed by atoms with E-state index in [9.17, 15) is 0 Å². The first-order valence-electron chi connectivity index (χ1n) is 7.83. The van der Waals surface area contributed by atoms with Gasteiger partial charge in [-0.05, 0) is 57.2 Å². The molecule has 1 unspecified atom stereocenters. The summed E-state index contributed by atoms with van der Waals surface area (Å²) in [5.41, 5.74) is 3.39. The van der Waals surface area contributed by atoms with Crippen molar-refractivity contribution < 1.29 is 0 Å². The number of hydrogen-bond acceptors (Lipinski definition) is 1. The number of hydrogen-bond donors (Lipinski definition) is 1. The number of allylic oxidation sites excluding steroid dienone is 4. The van der Waals surface area contributed by atoms with Gasteiger partial charge in [0.2, 0.25) is 0 Å². The molecule has 0 fully saturated rings. The molecule has 0 saturated carbocycles. The zero-order valence-electron chi connectivity index (χ0n) is 12.6. The standard InChI is InChI=1S/C17H31N/c1-4-6-10-15(14-18-3)13-17-12-8-7-11-16(17)9-5-2/h8,12,15,18H,4-7,9-11,13-14H2,1-3H3. The van der Waals surface area contributed by atoms with E-state index in [-0.39, 0.29) is 0 Å². The second kappa shape index (κ2) is 9.38. The van der Waals surface area contributed by atoms with Gasteiger partial charge in [0.05, 0.1) is 0 Å². The van der Waals surface area contributed by atoms with Gasteiger partial charge in [-0.1, -0.05) is 50.8 Å². The third kappa shape index (κ3) is 5.39. The topological polar surface area (TPSA) is 12.0 Å². The van der Waals surface area contributed by atoms with E-state index in [0.29, 0.717) is 0 Å². The molecule has 104 valence electrons. The van der Waals surface area contributed by atoms with E-state index in [4.69, 9.17) is 0 Å². The summed E-state index contributed by atoms with van der Waals surface area (Å²) in [6, 6.07) is 0. The van der Waals surface area contributed by atoms with Crippen molar-refractivity contribution in [2.45, 2.75) is 65.2 Å². The molecule has 0 aromatic heterocycles. The summed E-state index contributed by atoms with van der Waals surface area (Å²) < 4.78 is 0. The van der Waals surface area contributed by atoms with Gasteiger partial charge in [-0.25, -0.2) is 0 Å². The fourth-order valence-electron chi connectivity index (χ4n) is 2.93. The molecule has 1 heteroatoms. The van der Waals surface area contributed by atoms with Crippen molar-refractivity contribution >= 4 is 0 Å². The number of rotatable bonds is 9. The van der Waals surface area contributed by atoms with Crippen LogP contribution in [0, 0.1) is 5.92 Å².